The number of carbonyl (C=O) groups is 1. The molecule has 4 rings (SSSR count). The van der Waals surface area contributed by atoms with E-state index < -0.39 is 23.6 Å². The van der Waals surface area contributed by atoms with Crippen molar-refractivity contribution in [3.8, 4) is 5.75 Å². The Bertz CT molecular complexity index is 1280. The average Bonchev–Trinajstić information content (AvgIpc) is 3.19. The molecule has 7 heteroatoms. The predicted molar refractivity (Wildman–Crippen MR) is 120 cm³/mol. The number of halogens is 3. The smallest absolute Gasteiger partial charge is 0.416 e. The van der Waals surface area contributed by atoms with E-state index >= 15 is 0 Å². The van der Waals surface area contributed by atoms with Gasteiger partial charge in [0.1, 0.15) is 11.4 Å². The van der Waals surface area contributed by atoms with Crippen molar-refractivity contribution < 1.29 is 27.4 Å². The van der Waals surface area contributed by atoms with Crippen LogP contribution in [-0.2, 0) is 10.9 Å². The number of alkyl halides is 3. The third kappa shape index (κ3) is 4.44. The fourth-order valence-corrected chi connectivity index (χ4v) is 4.04. The molecule has 0 radical (unpaired) electrons. The summed E-state index contributed by atoms with van der Waals surface area (Å²) in [6, 6.07) is 19.6. The van der Waals surface area contributed by atoms with Gasteiger partial charge < -0.3 is 14.5 Å². The first-order valence-corrected chi connectivity index (χ1v) is 10.4. The number of hydrogen-bond acceptors (Lipinski definition) is 3. The lowest BCUT2D eigenvalue weighted by molar-refractivity contribution is -0.137. The number of rotatable bonds is 6. The number of ether oxygens (including phenoxy) is 2. The molecule has 33 heavy (non-hydrogen) atoms. The molecule has 1 atom stereocenters. The monoisotopic (exact) mass is 453 g/mol. The van der Waals surface area contributed by atoms with E-state index in [1.165, 1.54) is 13.2 Å². The standard InChI is InChI=1S/C26H22F3NO3/c1-3-33-25(31)24-23(20-9-4-5-10-21(20)30-24)22(16-11-13-19(32-2)14-12-16)17-7-6-8-18(15-17)26(27,28)29/h4-15,22,30H,3H2,1-2H3. The van der Waals surface area contributed by atoms with Gasteiger partial charge in [0.25, 0.3) is 0 Å². The van der Waals surface area contributed by atoms with E-state index in [9.17, 15) is 18.0 Å². The van der Waals surface area contributed by atoms with Crippen LogP contribution < -0.4 is 4.74 Å². The lowest BCUT2D eigenvalue weighted by Crippen LogP contribution is -2.13. The second-order valence-electron chi connectivity index (χ2n) is 7.51. The van der Waals surface area contributed by atoms with Crippen molar-refractivity contribution in [1.29, 1.82) is 0 Å². The van der Waals surface area contributed by atoms with Gasteiger partial charge in [-0.05, 0) is 42.3 Å². The lowest BCUT2D eigenvalue weighted by atomic mass is 9.83. The average molecular weight is 453 g/mol. The van der Waals surface area contributed by atoms with Crippen molar-refractivity contribution in [2.24, 2.45) is 0 Å². The molecular weight excluding hydrogens is 431 g/mol. The van der Waals surface area contributed by atoms with E-state index in [0.29, 0.717) is 28.0 Å². The second-order valence-corrected chi connectivity index (χ2v) is 7.51. The number of carbonyl (C=O) groups excluding carboxylic acids is 1. The summed E-state index contributed by atoms with van der Waals surface area (Å²) < 4.78 is 51.1. The molecule has 0 aliphatic heterocycles. The highest BCUT2D eigenvalue weighted by Gasteiger charge is 2.33. The Morgan fingerprint density at radius 3 is 2.36 bits per heavy atom. The number of aromatic nitrogens is 1. The number of hydrogen-bond donors (Lipinski definition) is 1. The van der Waals surface area contributed by atoms with Crippen LogP contribution in [0.15, 0.2) is 72.8 Å². The summed E-state index contributed by atoms with van der Waals surface area (Å²) in [7, 11) is 1.54. The van der Waals surface area contributed by atoms with Gasteiger partial charge in [-0.2, -0.15) is 13.2 Å². The predicted octanol–water partition coefficient (Wildman–Crippen LogP) is 6.55. The molecule has 1 aromatic heterocycles. The first-order chi connectivity index (χ1) is 15.8. The highest BCUT2D eigenvalue weighted by atomic mass is 19.4. The number of methoxy groups -OCH3 is 1. The Hall–Kier alpha value is -3.74. The Morgan fingerprint density at radius 2 is 1.70 bits per heavy atom. The molecule has 0 fully saturated rings. The van der Waals surface area contributed by atoms with Gasteiger partial charge in [-0.15, -0.1) is 0 Å². The Morgan fingerprint density at radius 1 is 0.970 bits per heavy atom. The molecule has 4 aromatic rings. The number of fused-ring (bicyclic) bond motifs is 1. The first-order valence-electron chi connectivity index (χ1n) is 10.4. The molecule has 0 aliphatic rings. The summed E-state index contributed by atoms with van der Waals surface area (Å²) in [4.78, 5) is 16.0. The third-order valence-corrected chi connectivity index (χ3v) is 5.51. The van der Waals surface area contributed by atoms with Gasteiger partial charge in [0, 0.05) is 22.4 Å². The van der Waals surface area contributed by atoms with Crippen molar-refractivity contribution in [3.63, 3.8) is 0 Å². The Kier molecular flexibility index (Phi) is 6.14. The van der Waals surface area contributed by atoms with Crippen LogP contribution in [0, 0.1) is 0 Å². The van der Waals surface area contributed by atoms with Gasteiger partial charge >= 0.3 is 12.1 Å². The highest BCUT2D eigenvalue weighted by Crippen LogP contribution is 2.41. The molecule has 4 nitrogen and oxygen atoms in total. The first kappa shape index (κ1) is 22.5. The fraction of sp³-hybridized carbons (Fsp3) is 0.192. The molecule has 0 amide bonds. The second kappa shape index (κ2) is 9.02. The number of nitrogens with one attached hydrogen (secondary N) is 1. The maximum absolute atomic E-state index is 13.5. The van der Waals surface area contributed by atoms with E-state index in [1.807, 2.05) is 24.3 Å². The summed E-state index contributed by atoms with van der Waals surface area (Å²) in [5.41, 5.74) is 1.85. The molecule has 1 unspecified atom stereocenters. The van der Waals surface area contributed by atoms with Gasteiger partial charge in [0.2, 0.25) is 0 Å². The maximum atomic E-state index is 13.5. The summed E-state index contributed by atoms with van der Waals surface area (Å²) in [5, 5.41) is 0.735. The molecule has 0 aliphatic carbocycles. The molecule has 0 saturated carbocycles. The molecule has 1 heterocycles. The van der Waals surface area contributed by atoms with E-state index in [2.05, 4.69) is 4.98 Å². The van der Waals surface area contributed by atoms with Gasteiger partial charge in [-0.25, -0.2) is 4.79 Å². The van der Waals surface area contributed by atoms with Crippen LogP contribution >= 0.6 is 0 Å². The highest BCUT2D eigenvalue weighted by molar-refractivity contribution is 5.99. The van der Waals surface area contributed by atoms with E-state index in [4.69, 9.17) is 9.47 Å². The number of H-pyrrole nitrogens is 1. The molecule has 170 valence electrons. The van der Waals surface area contributed by atoms with E-state index in [-0.39, 0.29) is 12.3 Å². The molecule has 0 spiro atoms. The minimum atomic E-state index is -4.50. The quantitative estimate of drug-likeness (QED) is 0.337. The molecule has 1 N–H and O–H groups in total. The van der Waals surface area contributed by atoms with Crippen molar-refractivity contribution in [3.05, 3.63) is 101 Å². The Balaban J connectivity index is 2.01. The summed E-state index contributed by atoms with van der Waals surface area (Å²) in [6.45, 7) is 1.87. The van der Waals surface area contributed by atoms with E-state index in [1.54, 1.807) is 37.3 Å². The van der Waals surface area contributed by atoms with Crippen LogP contribution in [0.5, 0.6) is 5.75 Å². The van der Waals surface area contributed by atoms with Gasteiger partial charge in [0.05, 0.1) is 19.3 Å². The zero-order valence-corrected chi connectivity index (χ0v) is 18.1. The molecule has 3 aromatic carbocycles. The largest absolute Gasteiger partial charge is 0.497 e. The van der Waals surface area contributed by atoms with Crippen LogP contribution in [0.25, 0.3) is 10.9 Å². The van der Waals surface area contributed by atoms with Crippen LogP contribution in [0.3, 0.4) is 0 Å². The molecular formula is C26H22F3NO3. The van der Waals surface area contributed by atoms with Crippen molar-refractivity contribution >= 4 is 16.9 Å². The van der Waals surface area contributed by atoms with Gasteiger partial charge in [0.15, 0.2) is 0 Å². The van der Waals surface area contributed by atoms with Crippen LogP contribution in [-0.4, -0.2) is 24.7 Å². The van der Waals surface area contributed by atoms with Crippen LogP contribution in [0.1, 0.15) is 45.6 Å². The topological polar surface area (TPSA) is 51.3 Å². The number of benzene rings is 3. The maximum Gasteiger partial charge on any atom is 0.416 e. The minimum Gasteiger partial charge on any atom is -0.497 e. The van der Waals surface area contributed by atoms with Crippen LogP contribution in [0.4, 0.5) is 13.2 Å². The fourth-order valence-electron chi connectivity index (χ4n) is 4.04. The van der Waals surface area contributed by atoms with Crippen molar-refractivity contribution in [1.82, 2.24) is 4.98 Å². The zero-order valence-electron chi connectivity index (χ0n) is 18.1. The van der Waals surface area contributed by atoms with Gasteiger partial charge in [-0.1, -0.05) is 48.5 Å². The van der Waals surface area contributed by atoms with Crippen molar-refractivity contribution in [2.45, 2.75) is 19.0 Å². The summed E-state index contributed by atoms with van der Waals surface area (Å²) in [5.74, 6) is -0.603. The van der Waals surface area contributed by atoms with Gasteiger partial charge in [-0.3, -0.25) is 0 Å². The summed E-state index contributed by atoms with van der Waals surface area (Å²) >= 11 is 0. The normalized spacial score (nSPS) is 12.5. The zero-order chi connectivity index (χ0) is 23.6. The Labute approximate surface area is 189 Å². The van der Waals surface area contributed by atoms with Crippen molar-refractivity contribution in [2.75, 3.05) is 13.7 Å². The van der Waals surface area contributed by atoms with Crippen LogP contribution in [0.2, 0.25) is 0 Å². The third-order valence-electron chi connectivity index (χ3n) is 5.51. The summed E-state index contributed by atoms with van der Waals surface area (Å²) in [6.07, 6.45) is -4.50. The minimum absolute atomic E-state index is 0.171. The molecule has 0 saturated heterocycles. The number of aromatic amines is 1. The number of esters is 1. The number of para-hydroxylation sites is 1. The molecule has 0 bridgehead atoms. The van der Waals surface area contributed by atoms with E-state index in [0.717, 1.165) is 17.5 Å². The SMILES string of the molecule is CCOC(=O)c1[nH]c2ccccc2c1C(c1ccc(OC)cc1)c1cccc(C(F)(F)F)c1. The lowest BCUT2D eigenvalue weighted by Gasteiger charge is -2.21.